The molecule has 23 heavy (non-hydrogen) atoms. The number of aryl methyl sites for hydroxylation is 3. The highest BCUT2D eigenvalue weighted by molar-refractivity contribution is 5.67. The molecule has 0 saturated carbocycles. The van der Waals surface area contributed by atoms with Gasteiger partial charge in [0, 0.05) is 37.6 Å². The van der Waals surface area contributed by atoms with Crippen molar-refractivity contribution in [3.63, 3.8) is 0 Å². The van der Waals surface area contributed by atoms with Crippen molar-refractivity contribution in [1.82, 2.24) is 24.6 Å². The number of ether oxygens (including phenoxy) is 1. The zero-order valence-corrected chi connectivity index (χ0v) is 14.2. The molecule has 0 atom stereocenters. The van der Waals surface area contributed by atoms with Crippen LogP contribution in [0.2, 0.25) is 0 Å². The van der Waals surface area contributed by atoms with E-state index < -0.39 is 11.7 Å². The monoisotopic (exact) mass is 319 g/mol. The number of amides is 1. The molecule has 0 aliphatic rings. The van der Waals surface area contributed by atoms with Crippen LogP contribution in [0, 0.1) is 6.92 Å². The number of alkyl carbamates (subject to hydrolysis) is 1. The summed E-state index contributed by atoms with van der Waals surface area (Å²) in [6.45, 7) is 9.66. The van der Waals surface area contributed by atoms with Gasteiger partial charge >= 0.3 is 6.09 Å². The predicted molar refractivity (Wildman–Crippen MR) is 87.1 cm³/mol. The molecule has 7 heteroatoms. The fourth-order valence-corrected chi connectivity index (χ4v) is 2.16. The summed E-state index contributed by atoms with van der Waals surface area (Å²) >= 11 is 0. The molecule has 0 bridgehead atoms. The van der Waals surface area contributed by atoms with Gasteiger partial charge in [0.1, 0.15) is 5.60 Å². The molecule has 0 aliphatic carbocycles. The summed E-state index contributed by atoms with van der Waals surface area (Å²) < 4.78 is 9.20. The zero-order valence-electron chi connectivity index (χ0n) is 14.2. The Morgan fingerprint density at radius 2 is 2.09 bits per heavy atom. The highest BCUT2D eigenvalue weighted by atomic mass is 16.6. The summed E-state index contributed by atoms with van der Waals surface area (Å²) in [5, 5.41) is 7.04. The van der Waals surface area contributed by atoms with Crippen molar-refractivity contribution in [3.05, 3.63) is 36.2 Å². The van der Waals surface area contributed by atoms with Crippen LogP contribution in [-0.4, -0.2) is 37.6 Å². The Morgan fingerprint density at radius 1 is 1.30 bits per heavy atom. The van der Waals surface area contributed by atoms with Gasteiger partial charge in [0.25, 0.3) is 0 Å². The van der Waals surface area contributed by atoms with E-state index in [0.29, 0.717) is 13.0 Å². The van der Waals surface area contributed by atoms with Gasteiger partial charge in [-0.05, 0) is 33.3 Å². The number of hydrogen-bond acceptors (Lipinski definition) is 4. The van der Waals surface area contributed by atoms with E-state index in [0.717, 1.165) is 24.3 Å². The Bertz CT molecular complexity index is 639. The van der Waals surface area contributed by atoms with Gasteiger partial charge in [0.05, 0.1) is 19.1 Å². The first-order valence-corrected chi connectivity index (χ1v) is 7.78. The standard InChI is InChI=1S/C16H25N5O2/c1-13-9-19-21(11-13)8-7-20-12-17-10-14(20)5-6-18-15(22)23-16(2,3)4/h9-12H,5-8H2,1-4H3,(H,18,22). The first-order chi connectivity index (χ1) is 10.8. The van der Waals surface area contributed by atoms with Crippen LogP contribution in [0.25, 0.3) is 0 Å². The van der Waals surface area contributed by atoms with Gasteiger partial charge in [0.15, 0.2) is 0 Å². The lowest BCUT2D eigenvalue weighted by Crippen LogP contribution is -2.33. The second-order valence-electron chi connectivity index (χ2n) is 6.54. The molecule has 0 spiro atoms. The number of carbonyl (C=O) groups excluding carboxylic acids is 1. The number of hydrogen-bond donors (Lipinski definition) is 1. The van der Waals surface area contributed by atoms with Crippen LogP contribution in [0.4, 0.5) is 4.79 Å². The molecule has 0 radical (unpaired) electrons. The molecule has 0 aromatic carbocycles. The summed E-state index contributed by atoms with van der Waals surface area (Å²) in [5.41, 5.74) is 1.75. The third kappa shape index (κ3) is 5.77. The van der Waals surface area contributed by atoms with Crippen LogP contribution in [0.1, 0.15) is 32.0 Å². The van der Waals surface area contributed by atoms with E-state index >= 15 is 0 Å². The van der Waals surface area contributed by atoms with Gasteiger partial charge in [-0.15, -0.1) is 0 Å². The van der Waals surface area contributed by atoms with E-state index in [2.05, 4.69) is 20.0 Å². The molecule has 0 saturated heterocycles. The van der Waals surface area contributed by atoms with Gasteiger partial charge in [-0.1, -0.05) is 0 Å². The van der Waals surface area contributed by atoms with Crippen molar-refractivity contribution in [3.8, 4) is 0 Å². The molecule has 7 nitrogen and oxygen atoms in total. The van der Waals surface area contributed by atoms with Crippen LogP contribution in [0.3, 0.4) is 0 Å². The fraction of sp³-hybridized carbons (Fsp3) is 0.562. The van der Waals surface area contributed by atoms with E-state index in [1.807, 2.05) is 51.0 Å². The number of aromatic nitrogens is 4. The van der Waals surface area contributed by atoms with Gasteiger partial charge in [-0.3, -0.25) is 4.68 Å². The molecule has 2 aromatic rings. The molecule has 1 amide bonds. The van der Waals surface area contributed by atoms with Gasteiger partial charge in [-0.2, -0.15) is 5.10 Å². The van der Waals surface area contributed by atoms with Crippen molar-refractivity contribution in [2.45, 2.75) is 52.8 Å². The van der Waals surface area contributed by atoms with Crippen LogP contribution >= 0.6 is 0 Å². The first-order valence-electron chi connectivity index (χ1n) is 7.78. The maximum absolute atomic E-state index is 11.6. The molecule has 0 unspecified atom stereocenters. The van der Waals surface area contributed by atoms with Crippen LogP contribution in [-0.2, 0) is 24.2 Å². The molecule has 2 heterocycles. The van der Waals surface area contributed by atoms with Gasteiger partial charge in [0.2, 0.25) is 0 Å². The zero-order chi connectivity index (χ0) is 16.9. The van der Waals surface area contributed by atoms with Crippen molar-refractivity contribution in [1.29, 1.82) is 0 Å². The minimum Gasteiger partial charge on any atom is -0.444 e. The van der Waals surface area contributed by atoms with E-state index in [1.165, 1.54) is 0 Å². The summed E-state index contributed by atoms with van der Waals surface area (Å²) in [5.74, 6) is 0. The van der Waals surface area contributed by atoms with Crippen molar-refractivity contribution in [2.24, 2.45) is 0 Å². The van der Waals surface area contributed by atoms with E-state index in [9.17, 15) is 4.79 Å². The third-order valence-corrected chi connectivity index (χ3v) is 3.18. The molecule has 0 fully saturated rings. The lowest BCUT2D eigenvalue weighted by Gasteiger charge is -2.19. The lowest BCUT2D eigenvalue weighted by molar-refractivity contribution is 0.0528. The second kappa shape index (κ2) is 7.30. The third-order valence-electron chi connectivity index (χ3n) is 3.18. The number of carbonyl (C=O) groups is 1. The highest BCUT2D eigenvalue weighted by Crippen LogP contribution is 2.07. The maximum Gasteiger partial charge on any atom is 0.407 e. The molecule has 126 valence electrons. The summed E-state index contributed by atoms with van der Waals surface area (Å²) in [6, 6.07) is 0. The predicted octanol–water partition coefficient (Wildman–Crippen LogP) is 2.16. The summed E-state index contributed by atoms with van der Waals surface area (Å²) in [7, 11) is 0. The minimum atomic E-state index is -0.478. The first kappa shape index (κ1) is 17.1. The highest BCUT2D eigenvalue weighted by Gasteiger charge is 2.15. The Labute approximate surface area is 136 Å². The average molecular weight is 319 g/mol. The number of imidazole rings is 1. The number of rotatable bonds is 6. The molecule has 1 N–H and O–H groups in total. The molecular formula is C16H25N5O2. The molecule has 2 aromatic heterocycles. The molecular weight excluding hydrogens is 294 g/mol. The van der Waals surface area contributed by atoms with Crippen LogP contribution < -0.4 is 5.32 Å². The molecule has 0 aliphatic heterocycles. The van der Waals surface area contributed by atoms with E-state index in [4.69, 9.17) is 4.74 Å². The van der Waals surface area contributed by atoms with Gasteiger partial charge < -0.3 is 14.6 Å². The van der Waals surface area contributed by atoms with Crippen molar-refractivity contribution >= 4 is 6.09 Å². The summed E-state index contributed by atoms with van der Waals surface area (Å²) in [6.07, 6.45) is 7.80. The quantitative estimate of drug-likeness (QED) is 0.885. The van der Waals surface area contributed by atoms with E-state index in [1.54, 1.807) is 6.33 Å². The second-order valence-corrected chi connectivity index (χ2v) is 6.54. The Hall–Kier alpha value is -2.31. The summed E-state index contributed by atoms with van der Waals surface area (Å²) in [4.78, 5) is 15.8. The fourth-order valence-electron chi connectivity index (χ4n) is 2.16. The minimum absolute atomic E-state index is 0.393. The van der Waals surface area contributed by atoms with Crippen molar-refractivity contribution < 1.29 is 9.53 Å². The largest absolute Gasteiger partial charge is 0.444 e. The SMILES string of the molecule is Cc1cnn(CCn2cncc2CCNC(=O)OC(C)(C)C)c1. The normalized spacial score (nSPS) is 11.5. The Morgan fingerprint density at radius 3 is 2.74 bits per heavy atom. The van der Waals surface area contributed by atoms with Gasteiger partial charge in [-0.25, -0.2) is 9.78 Å². The van der Waals surface area contributed by atoms with Crippen LogP contribution in [0.5, 0.6) is 0 Å². The average Bonchev–Trinajstić information content (AvgIpc) is 3.03. The number of nitrogens with zero attached hydrogens (tertiary/aromatic N) is 4. The van der Waals surface area contributed by atoms with Crippen molar-refractivity contribution in [2.75, 3.05) is 6.54 Å². The number of nitrogens with one attached hydrogen (secondary N) is 1. The Balaban J connectivity index is 1.78. The molecule has 2 rings (SSSR count). The topological polar surface area (TPSA) is 74.0 Å². The van der Waals surface area contributed by atoms with E-state index in [-0.39, 0.29) is 0 Å². The maximum atomic E-state index is 11.6. The smallest absolute Gasteiger partial charge is 0.407 e. The lowest BCUT2D eigenvalue weighted by atomic mass is 10.2. The Kier molecular flexibility index (Phi) is 5.41. The van der Waals surface area contributed by atoms with Crippen LogP contribution in [0.15, 0.2) is 24.9 Å².